The first kappa shape index (κ1) is 16.2. The van der Waals surface area contributed by atoms with Gasteiger partial charge in [0.2, 0.25) is 0 Å². The van der Waals surface area contributed by atoms with Crippen molar-refractivity contribution in [2.75, 3.05) is 6.54 Å². The second kappa shape index (κ2) is 7.19. The summed E-state index contributed by atoms with van der Waals surface area (Å²) < 4.78 is 0. The van der Waals surface area contributed by atoms with Gasteiger partial charge in [0.05, 0.1) is 5.01 Å². The van der Waals surface area contributed by atoms with E-state index in [0.29, 0.717) is 12.0 Å². The second-order valence-electron chi connectivity index (χ2n) is 6.53. The molecule has 2 aromatic rings. The minimum absolute atomic E-state index is 0.193. The predicted molar refractivity (Wildman–Crippen MR) is 92.1 cm³/mol. The number of nitrogens with zero attached hydrogens (tertiary/aromatic N) is 1. The number of thiazole rings is 1. The van der Waals surface area contributed by atoms with Crippen molar-refractivity contribution < 1.29 is 0 Å². The van der Waals surface area contributed by atoms with E-state index < -0.39 is 0 Å². The SMILES string of the molecule is CC(CC(C)(C)c1ccccc1)NCC(C)c1nccs1. The Hall–Kier alpha value is -1.19. The third-order valence-corrected chi connectivity index (χ3v) is 5.02. The quantitative estimate of drug-likeness (QED) is 0.809. The predicted octanol–water partition coefficient (Wildman–Crippen LogP) is 4.59. The molecule has 0 spiro atoms. The molecule has 0 saturated heterocycles. The van der Waals surface area contributed by atoms with E-state index in [4.69, 9.17) is 0 Å². The molecule has 0 radical (unpaired) electrons. The molecule has 21 heavy (non-hydrogen) atoms. The van der Waals surface area contributed by atoms with Gasteiger partial charge in [0.1, 0.15) is 0 Å². The standard InChI is InChI=1S/C18H26N2S/c1-14(17-19-10-11-21-17)13-20-15(2)12-18(3,4)16-8-6-5-7-9-16/h5-11,14-15,20H,12-13H2,1-4H3. The van der Waals surface area contributed by atoms with Gasteiger partial charge >= 0.3 is 0 Å². The molecule has 1 heterocycles. The van der Waals surface area contributed by atoms with Gasteiger partial charge in [-0.1, -0.05) is 51.1 Å². The fourth-order valence-corrected chi connectivity index (χ4v) is 3.49. The molecule has 2 unspecified atom stereocenters. The number of aromatic nitrogens is 1. The molecule has 0 saturated carbocycles. The first-order valence-electron chi connectivity index (χ1n) is 7.67. The van der Waals surface area contributed by atoms with Crippen LogP contribution in [0.25, 0.3) is 0 Å². The average molecular weight is 302 g/mol. The summed E-state index contributed by atoms with van der Waals surface area (Å²) >= 11 is 1.74. The monoisotopic (exact) mass is 302 g/mol. The van der Waals surface area contributed by atoms with Gasteiger partial charge in [-0.2, -0.15) is 0 Å². The number of nitrogens with one attached hydrogen (secondary N) is 1. The normalized spacial score (nSPS) is 14.9. The maximum atomic E-state index is 4.39. The van der Waals surface area contributed by atoms with Crippen LogP contribution in [0.1, 0.15) is 50.6 Å². The summed E-state index contributed by atoms with van der Waals surface area (Å²) in [4.78, 5) is 4.39. The number of benzene rings is 1. The lowest BCUT2D eigenvalue weighted by Gasteiger charge is -2.29. The molecule has 2 rings (SSSR count). The zero-order valence-corrected chi connectivity index (χ0v) is 14.3. The van der Waals surface area contributed by atoms with Crippen LogP contribution < -0.4 is 5.32 Å². The third kappa shape index (κ3) is 4.65. The lowest BCUT2D eigenvalue weighted by atomic mass is 9.79. The zero-order chi connectivity index (χ0) is 15.3. The van der Waals surface area contributed by atoms with Crippen LogP contribution in [-0.4, -0.2) is 17.6 Å². The van der Waals surface area contributed by atoms with E-state index in [1.54, 1.807) is 11.3 Å². The average Bonchev–Trinajstić information content (AvgIpc) is 2.99. The summed E-state index contributed by atoms with van der Waals surface area (Å²) in [5.74, 6) is 0.479. The Morgan fingerprint density at radius 3 is 2.52 bits per heavy atom. The lowest BCUT2D eigenvalue weighted by Crippen LogP contribution is -2.35. The van der Waals surface area contributed by atoms with Crippen LogP contribution in [0, 0.1) is 0 Å². The minimum atomic E-state index is 0.193. The van der Waals surface area contributed by atoms with Gasteiger partial charge in [0.25, 0.3) is 0 Å². The molecule has 0 aliphatic rings. The molecule has 2 nitrogen and oxygen atoms in total. The van der Waals surface area contributed by atoms with Crippen LogP contribution in [-0.2, 0) is 5.41 Å². The van der Waals surface area contributed by atoms with Crippen LogP contribution in [0.3, 0.4) is 0 Å². The van der Waals surface area contributed by atoms with Crippen molar-refractivity contribution in [3.8, 4) is 0 Å². The molecule has 0 aliphatic heterocycles. The van der Waals surface area contributed by atoms with Gasteiger partial charge in [-0.3, -0.25) is 0 Å². The molecule has 1 aromatic heterocycles. The highest BCUT2D eigenvalue weighted by Crippen LogP contribution is 2.28. The van der Waals surface area contributed by atoms with Crippen molar-refractivity contribution in [1.82, 2.24) is 10.3 Å². The third-order valence-electron chi connectivity index (χ3n) is 4.02. The summed E-state index contributed by atoms with van der Waals surface area (Å²) in [5, 5.41) is 6.93. The Kier molecular flexibility index (Phi) is 5.54. The van der Waals surface area contributed by atoms with Crippen molar-refractivity contribution in [1.29, 1.82) is 0 Å². The molecule has 114 valence electrons. The maximum absolute atomic E-state index is 4.39. The Labute approximate surface area is 132 Å². The summed E-state index contributed by atoms with van der Waals surface area (Å²) in [7, 11) is 0. The summed E-state index contributed by atoms with van der Waals surface area (Å²) in [6.45, 7) is 10.1. The first-order chi connectivity index (χ1) is 9.99. The zero-order valence-electron chi connectivity index (χ0n) is 13.5. The van der Waals surface area contributed by atoms with Gasteiger partial charge in [-0.25, -0.2) is 4.98 Å². The summed E-state index contributed by atoms with van der Waals surface area (Å²) in [6.07, 6.45) is 3.01. The molecular weight excluding hydrogens is 276 g/mol. The Morgan fingerprint density at radius 2 is 1.90 bits per heavy atom. The van der Waals surface area contributed by atoms with E-state index in [0.717, 1.165) is 13.0 Å². The summed E-state index contributed by atoms with van der Waals surface area (Å²) in [5.41, 5.74) is 1.60. The van der Waals surface area contributed by atoms with Gasteiger partial charge in [-0.05, 0) is 24.3 Å². The van der Waals surface area contributed by atoms with Crippen molar-refractivity contribution in [3.63, 3.8) is 0 Å². The van der Waals surface area contributed by atoms with E-state index in [-0.39, 0.29) is 5.41 Å². The van der Waals surface area contributed by atoms with Crippen molar-refractivity contribution in [2.45, 2.75) is 51.5 Å². The Morgan fingerprint density at radius 1 is 1.19 bits per heavy atom. The smallest absolute Gasteiger partial charge is 0.0965 e. The van der Waals surface area contributed by atoms with Crippen LogP contribution in [0.5, 0.6) is 0 Å². The van der Waals surface area contributed by atoms with Crippen LogP contribution >= 0.6 is 11.3 Å². The summed E-state index contributed by atoms with van der Waals surface area (Å²) in [6, 6.07) is 11.3. The molecule has 0 bridgehead atoms. The molecule has 1 aromatic carbocycles. The second-order valence-corrected chi connectivity index (χ2v) is 7.46. The minimum Gasteiger partial charge on any atom is -0.314 e. The van der Waals surface area contributed by atoms with E-state index in [2.05, 4.69) is 68.3 Å². The van der Waals surface area contributed by atoms with E-state index in [1.165, 1.54) is 10.6 Å². The largest absolute Gasteiger partial charge is 0.314 e. The van der Waals surface area contributed by atoms with Crippen LogP contribution in [0.2, 0.25) is 0 Å². The highest BCUT2D eigenvalue weighted by Gasteiger charge is 2.23. The first-order valence-corrected chi connectivity index (χ1v) is 8.55. The number of hydrogen-bond donors (Lipinski definition) is 1. The lowest BCUT2D eigenvalue weighted by molar-refractivity contribution is 0.383. The van der Waals surface area contributed by atoms with Gasteiger partial charge in [-0.15, -0.1) is 11.3 Å². The van der Waals surface area contributed by atoms with Crippen molar-refractivity contribution in [3.05, 3.63) is 52.5 Å². The van der Waals surface area contributed by atoms with Gasteiger partial charge < -0.3 is 5.32 Å². The topological polar surface area (TPSA) is 24.9 Å². The molecule has 3 heteroatoms. The molecule has 0 aliphatic carbocycles. The van der Waals surface area contributed by atoms with Gasteiger partial charge in [0.15, 0.2) is 0 Å². The molecule has 1 N–H and O–H groups in total. The Bertz CT molecular complexity index is 519. The van der Waals surface area contributed by atoms with Gasteiger partial charge in [0, 0.05) is 30.1 Å². The Balaban J connectivity index is 1.85. The molecule has 0 amide bonds. The maximum Gasteiger partial charge on any atom is 0.0965 e. The molecule has 0 fully saturated rings. The van der Waals surface area contributed by atoms with Crippen molar-refractivity contribution in [2.24, 2.45) is 0 Å². The van der Waals surface area contributed by atoms with E-state index >= 15 is 0 Å². The molecular formula is C18H26N2S. The molecule has 2 atom stereocenters. The van der Waals surface area contributed by atoms with Crippen LogP contribution in [0.15, 0.2) is 41.9 Å². The van der Waals surface area contributed by atoms with Crippen LogP contribution in [0.4, 0.5) is 0 Å². The highest BCUT2D eigenvalue weighted by atomic mass is 32.1. The van der Waals surface area contributed by atoms with E-state index in [1.807, 2.05) is 11.6 Å². The highest BCUT2D eigenvalue weighted by molar-refractivity contribution is 7.09. The van der Waals surface area contributed by atoms with Crippen molar-refractivity contribution >= 4 is 11.3 Å². The fourth-order valence-electron chi connectivity index (χ4n) is 2.79. The van der Waals surface area contributed by atoms with E-state index in [9.17, 15) is 0 Å². The fraction of sp³-hybridized carbons (Fsp3) is 0.500. The number of rotatable bonds is 7. The number of hydrogen-bond acceptors (Lipinski definition) is 3.